The molecule has 102 valence electrons. The van der Waals surface area contributed by atoms with Crippen molar-refractivity contribution in [3.05, 3.63) is 17.8 Å². The molecule has 1 N–H and O–H groups in total. The molecule has 1 fully saturated rings. The number of nitriles is 1. The van der Waals surface area contributed by atoms with Crippen LogP contribution in [0.3, 0.4) is 0 Å². The molecule has 1 aromatic rings. The molecule has 1 unspecified atom stereocenters. The number of nitrogens with one attached hydrogen (secondary N) is 1. The first-order chi connectivity index (χ1) is 9.17. The fourth-order valence-electron chi connectivity index (χ4n) is 2.50. The molecule has 0 bridgehead atoms. The molecular formula is C14H21N5. The Labute approximate surface area is 114 Å². The van der Waals surface area contributed by atoms with Gasteiger partial charge in [0.05, 0.1) is 0 Å². The van der Waals surface area contributed by atoms with Crippen molar-refractivity contribution in [3.8, 4) is 6.07 Å². The van der Waals surface area contributed by atoms with Gasteiger partial charge >= 0.3 is 0 Å². The zero-order chi connectivity index (χ0) is 13.7. The number of rotatable bonds is 5. The Morgan fingerprint density at radius 1 is 1.47 bits per heavy atom. The molecule has 0 saturated carbocycles. The summed E-state index contributed by atoms with van der Waals surface area (Å²) in [6.07, 6.45) is 1.24. The highest BCUT2D eigenvalue weighted by Gasteiger charge is 2.22. The van der Waals surface area contributed by atoms with Gasteiger partial charge in [0.1, 0.15) is 11.9 Å². The molecule has 5 nitrogen and oxygen atoms in total. The van der Waals surface area contributed by atoms with Gasteiger partial charge in [-0.15, -0.1) is 10.2 Å². The van der Waals surface area contributed by atoms with Gasteiger partial charge in [-0.25, -0.2) is 0 Å². The first-order valence-corrected chi connectivity index (χ1v) is 6.87. The number of aromatic nitrogens is 2. The monoisotopic (exact) mass is 259 g/mol. The Balaban J connectivity index is 1.75. The van der Waals surface area contributed by atoms with Gasteiger partial charge in [0.25, 0.3) is 0 Å². The standard InChI is InChI=1S/C14H21N5/c1-11(2)9-19-6-5-12(10-19)8-16-14-4-3-13(7-15)17-18-14/h3-4,11-12H,5-6,8-10H2,1-2H3,(H,16,18). The van der Waals surface area contributed by atoms with E-state index in [4.69, 9.17) is 5.26 Å². The fourth-order valence-corrected chi connectivity index (χ4v) is 2.50. The van der Waals surface area contributed by atoms with Crippen molar-refractivity contribution in [2.24, 2.45) is 11.8 Å². The molecule has 0 aliphatic carbocycles. The topological polar surface area (TPSA) is 64.8 Å². The van der Waals surface area contributed by atoms with Gasteiger partial charge in [0.2, 0.25) is 0 Å². The van der Waals surface area contributed by atoms with Crippen LogP contribution in [0.15, 0.2) is 12.1 Å². The lowest BCUT2D eigenvalue weighted by atomic mass is 10.1. The van der Waals surface area contributed by atoms with Crippen LogP contribution in [-0.4, -0.2) is 41.3 Å². The smallest absolute Gasteiger partial charge is 0.163 e. The molecule has 0 amide bonds. The lowest BCUT2D eigenvalue weighted by Gasteiger charge is -2.18. The van der Waals surface area contributed by atoms with Crippen LogP contribution in [-0.2, 0) is 0 Å². The van der Waals surface area contributed by atoms with Crippen molar-refractivity contribution >= 4 is 5.82 Å². The summed E-state index contributed by atoms with van der Waals surface area (Å²) in [5.41, 5.74) is 0.356. The molecule has 5 heteroatoms. The number of hydrogen-bond acceptors (Lipinski definition) is 5. The average molecular weight is 259 g/mol. The second-order valence-corrected chi connectivity index (χ2v) is 5.60. The first-order valence-electron chi connectivity index (χ1n) is 6.87. The van der Waals surface area contributed by atoms with Crippen molar-refractivity contribution < 1.29 is 0 Å². The summed E-state index contributed by atoms with van der Waals surface area (Å²) in [5, 5.41) is 19.7. The van der Waals surface area contributed by atoms with Crippen LogP contribution in [0, 0.1) is 23.2 Å². The fraction of sp³-hybridized carbons (Fsp3) is 0.643. The quantitative estimate of drug-likeness (QED) is 0.872. The lowest BCUT2D eigenvalue weighted by molar-refractivity contribution is 0.289. The first kappa shape index (κ1) is 13.8. The Kier molecular flexibility index (Phi) is 4.69. The summed E-state index contributed by atoms with van der Waals surface area (Å²) >= 11 is 0. The molecule has 19 heavy (non-hydrogen) atoms. The Morgan fingerprint density at radius 2 is 2.32 bits per heavy atom. The maximum Gasteiger partial charge on any atom is 0.163 e. The third kappa shape index (κ3) is 4.18. The maximum atomic E-state index is 8.65. The van der Waals surface area contributed by atoms with E-state index in [2.05, 4.69) is 34.3 Å². The van der Waals surface area contributed by atoms with E-state index < -0.39 is 0 Å². The van der Waals surface area contributed by atoms with E-state index in [0.29, 0.717) is 11.6 Å². The zero-order valence-corrected chi connectivity index (χ0v) is 11.6. The molecule has 0 radical (unpaired) electrons. The summed E-state index contributed by atoms with van der Waals surface area (Å²) in [6.45, 7) is 9.00. The minimum Gasteiger partial charge on any atom is -0.368 e. The summed E-state index contributed by atoms with van der Waals surface area (Å²) in [7, 11) is 0. The highest BCUT2D eigenvalue weighted by molar-refractivity contribution is 5.35. The molecule has 0 spiro atoms. The highest BCUT2D eigenvalue weighted by atomic mass is 15.2. The van der Waals surface area contributed by atoms with Crippen molar-refractivity contribution in [3.63, 3.8) is 0 Å². The van der Waals surface area contributed by atoms with E-state index in [1.165, 1.54) is 19.5 Å². The van der Waals surface area contributed by atoms with E-state index in [0.717, 1.165) is 24.8 Å². The minimum absolute atomic E-state index is 0.356. The molecule has 1 aliphatic heterocycles. The molecule has 1 aliphatic rings. The predicted octanol–water partition coefficient (Wildman–Crippen LogP) is 1.74. The number of hydrogen-bond donors (Lipinski definition) is 1. The van der Waals surface area contributed by atoms with Crippen LogP contribution >= 0.6 is 0 Å². The third-order valence-electron chi connectivity index (χ3n) is 3.34. The Bertz CT molecular complexity index is 434. The van der Waals surface area contributed by atoms with Crippen LogP contribution in [0.1, 0.15) is 26.0 Å². The van der Waals surface area contributed by atoms with Crippen molar-refractivity contribution in [2.45, 2.75) is 20.3 Å². The van der Waals surface area contributed by atoms with Gasteiger partial charge in [-0.05, 0) is 36.9 Å². The second-order valence-electron chi connectivity index (χ2n) is 5.60. The summed E-state index contributed by atoms with van der Waals surface area (Å²) in [4.78, 5) is 2.53. The largest absolute Gasteiger partial charge is 0.368 e. The van der Waals surface area contributed by atoms with Gasteiger partial charge < -0.3 is 10.2 Å². The lowest BCUT2D eigenvalue weighted by Crippen LogP contribution is -2.26. The van der Waals surface area contributed by atoms with E-state index >= 15 is 0 Å². The molecule has 1 saturated heterocycles. The molecule has 2 heterocycles. The van der Waals surface area contributed by atoms with Gasteiger partial charge in [-0.3, -0.25) is 0 Å². The van der Waals surface area contributed by atoms with E-state index in [-0.39, 0.29) is 0 Å². The normalized spacial score (nSPS) is 19.6. The van der Waals surface area contributed by atoms with E-state index in [1.807, 2.05) is 12.1 Å². The third-order valence-corrected chi connectivity index (χ3v) is 3.34. The Hall–Kier alpha value is -1.67. The van der Waals surface area contributed by atoms with Gasteiger partial charge in [0.15, 0.2) is 5.69 Å². The summed E-state index contributed by atoms with van der Waals surface area (Å²) in [6, 6.07) is 5.47. The minimum atomic E-state index is 0.356. The van der Waals surface area contributed by atoms with Crippen LogP contribution < -0.4 is 5.32 Å². The number of nitrogens with zero attached hydrogens (tertiary/aromatic N) is 4. The molecule has 1 aromatic heterocycles. The predicted molar refractivity (Wildman–Crippen MR) is 74.6 cm³/mol. The van der Waals surface area contributed by atoms with Crippen molar-refractivity contribution in [2.75, 3.05) is 31.5 Å². The molecule has 2 rings (SSSR count). The van der Waals surface area contributed by atoms with Crippen LogP contribution in [0.25, 0.3) is 0 Å². The second kappa shape index (κ2) is 6.48. The summed E-state index contributed by atoms with van der Waals surface area (Å²) in [5.74, 6) is 2.16. The highest BCUT2D eigenvalue weighted by Crippen LogP contribution is 2.17. The van der Waals surface area contributed by atoms with Gasteiger partial charge in [0, 0.05) is 19.6 Å². The number of likely N-dealkylation sites (tertiary alicyclic amines) is 1. The van der Waals surface area contributed by atoms with Crippen LogP contribution in [0.5, 0.6) is 0 Å². The van der Waals surface area contributed by atoms with Gasteiger partial charge in [-0.2, -0.15) is 5.26 Å². The number of anilines is 1. The van der Waals surface area contributed by atoms with E-state index in [1.54, 1.807) is 6.07 Å². The maximum absolute atomic E-state index is 8.65. The zero-order valence-electron chi connectivity index (χ0n) is 11.6. The SMILES string of the molecule is CC(C)CN1CCC(CNc2ccc(C#N)nn2)C1. The van der Waals surface area contributed by atoms with Crippen molar-refractivity contribution in [1.82, 2.24) is 15.1 Å². The summed E-state index contributed by atoms with van der Waals surface area (Å²) < 4.78 is 0. The molecule has 0 aromatic carbocycles. The molecule has 1 atom stereocenters. The Morgan fingerprint density at radius 3 is 2.95 bits per heavy atom. The average Bonchev–Trinajstić information content (AvgIpc) is 2.84. The van der Waals surface area contributed by atoms with Gasteiger partial charge in [-0.1, -0.05) is 13.8 Å². The van der Waals surface area contributed by atoms with Crippen LogP contribution in [0.2, 0.25) is 0 Å². The van der Waals surface area contributed by atoms with E-state index in [9.17, 15) is 0 Å². The molecular weight excluding hydrogens is 238 g/mol. The van der Waals surface area contributed by atoms with Crippen molar-refractivity contribution in [1.29, 1.82) is 5.26 Å². The van der Waals surface area contributed by atoms with Crippen LogP contribution in [0.4, 0.5) is 5.82 Å².